The third kappa shape index (κ3) is 3.28. The maximum Gasteiger partial charge on any atom is 0.307 e. The van der Waals surface area contributed by atoms with Gasteiger partial charge in [0.2, 0.25) is 0 Å². The number of hydrogen-bond donors (Lipinski definition) is 1. The van der Waals surface area contributed by atoms with Crippen LogP contribution in [0.15, 0.2) is 22.7 Å². The molecule has 0 aliphatic heterocycles. The SMILES string of the molecule is CCC1CC(C(=O)O)C(C(=O)c2cc(Br)ccc2OC)C1. The van der Waals surface area contributed by atoms with Crippen LogP contribution in [-0.4, -0.2) is 24.0 Å². The Labute approximate surface area is 132 Å². The number of halogens is 1. The van der Waals surface area contributed by atoms with Gasteiger partial charge >= 0.3 is 5.97 Å². The fourth-order valence-corrected chi connectivity index (χ4v) is 3.47. The normalized spacial score (nSPS) is 24.8. The Morgan fingerprint density at radius 3 is 2.57 bits per heavy atom. The summed E-state index contributed by atoms with van der Waals surface area (Å²) in [5, 5.41) is 9.38. The summed E-state index contributed by atoms with van der Waals surface area (Å²) in [7, 11) is 1.51. The molecule has 0 amide bonds. The summed E-state index contributed by atoms with van der Waals surface area (Å²) in [5.74, 6) is -1.26. The number of carbonyl (C=O) groups is 2. The van der Waals surface area contributed by atoms with E-state index in [4.69, 9.17) is 4.74 Å². The van der Waals surface area contributed by atoms with E-state index in [0.29, 0.717) is 30.1 Å². The fourth-order valence-electron chi connectivity index (χ4n) is 3.11. The largest absolute Gasteiger partial charge is 0.496 e. The molecule has 4 nitrogen and oxygen atoms in total. The van der Waals surface area contributed by atoms with Crippen LogP contribution in [0.25, 0.3) is 0 Å². The third-order valence-electron chi connectivity index (χ3n) is 4.32. The zero-order valence-corrected chi connectivity index (χ0v) is 13.7. The smallest absolute Gasteiger partial charge is 0.307 e. The van der Waals surface area contributed by atoms with Crippen LogP contribution < -0.4 is 4.74 Å². The minimum absolute atomic E-state index is 0.128. The minimum atomic E-state index is -0.877. The highest BCUT2D eigenvalue weighted by Crippen LogP contribution is 2.41. The summed E-state index contributed by atoms with van der Waals surface area (Å²) in [6.45, 7) is 2.04. The van der Waals surface area contributed by atoms with Gasteiger partial charge in [-0.3, -0.25) is 9.59 Å². The molecule has 1 aromatic carbocycles. The van der Waals surface area contributed by atoms with Crippen LogP contribution in [0.5, 0.6) is 5.75 Å². The number of carboxylic acid groups (broad SMARTS) is 1. The molecule has 1 aromatic rings. The molecule has 1 saturated carbocycles. The van der Waals surface area contributed by atoms with E-state index in [0.717, 1.165) is 10.9 Å². The average molecular weight is 355 g/mol. The van der Waals surface area contributed by atoms with E-state index < -0.39 is 17.8 Å². The maximum atomic E-state index is 12.8. The number of carbonyl (C=O) groups excluding carboxylic acids is 1. The number of ether oxygens (including phenoxy) is 1. The van der Waals surface area contributed by atoms with Gasteiger partial charge in [0.15, 0.2) is 5.78 Å². The van der Waals surface area contributed by atoms with E-state index in [2.05, 4.69) is 15.9 Å². The van der Waals surface area contributed by atoms with Crippen molar-refractivity contribution >= 4 is 27.7 Å². The van der Waals surface area contributed by atoms with E-state index in [1.807, 2.05) is 6.92 Å². The van der Waals surface area contributed by atoms with Crippen molar-refractivity contribution in [3.05, 3.63) is 28.2 Å². The van der Waals surface area contributed by atoms with E-state index >= 15 is 0 Å². The highest BCUT2D eigenvalue weighted by Gasteiger charge is 2.42. The van der Waals surface area contributed by atoms with E-state index in [-0.39, 0.29) is 5.78 Å². The summed E-state index contributed by atoms with van der Waals surface area (Å²) in [4.78, 5) is 24.2. The van der Waals surface area contributed by atoms with E-state index in [1.54, 1.807) is 18.2 Å². The topological polar surface area (TPSA) is 63.6 Å². The van der Waals surface area contributed by atoms with Crippen LogP contribution in [0.3, 0.4) is 0 Å². The number of Topliss-reactive ketones (excluding diaryl/α,β-unsaturated/α-hetero) is 1. The minimum Gasteiger partial charge on any atom is -0.496 e. The summed E-state index contributed by atoms with van der Waals surface area (Å²) in [6.07, 6.45) is 2.13. The van der Waals surface area contributed by atoms with E-state index in [1.165, 1.54) is 7.11 Å². The first-order valence-corrected chi connectivity index (χ1v) is 7.87. The first kappa shape index (κ1) is 16.0. The summed E-state index contributed by atoms with van der Waals surface area (Å²) >= 11 is 3.35. The summed E-state index contributed by atoms with van der Waals surface area (Å²) < 4.78 is 6.02. The van der Waals surface area contributed by atoms with Gasteiger partial charge in [-0.1, -0.05) is 29.3 Å². The molecule has 0 spiro atoms. The van der Waals surface area contributed by atoms with Crippen molar-refractivity contribution < 1.29 is 19.4 Å². The number of methoxy groups -OCH3 is 1. The maximum absolute atomic E-state index is 12.8. The van der Waals surface area contributed by atoms with Gasteiger partial charge < -0.3 is 9.84 Å². The van der Waals surface area contributed by atoms with Crippen molar-refractivity contribution in [1.29, 1.82) is 0 Å². The molecule has 1 aliphatic carbocycles. The van der Waals surface area contributed by atoms with Crippen molar-refractivity contribution in [2.45, 2.75) is 26.2 Å². The second-order valence-corrected chi connectivity index (χ2v) is 6.42. The predicted octanol–water partition coefficient (Wildman–Crippen LogP) is 3.78. The Hall–Kier alpha value is -1.36. The summed E-state index contributed by atoms with van der Waals surface area (Å²) in [5.41, 5.74) is 0.458. The van der Waals surface area contributed by atoms with Crippen LogP contribution >= 0.6 is 15.9 Å². The van der Waals surface area contributed by atoms with Crippen LogP contribution in [0.4, 0.5) is 0 Å². The van der Waals surface area contributed by atoms with Gasteiger partial charge in [-0.25, -0.2) is 0 Å². The molecule has 0 bridgehead atoms. The quantitative estimate of drug-likeness (QED) is 0.817. The van der Waals surface area contributed by atoms with Crippen molar-refractivity contribution in [2.24, 2.45) is 17.8 Å². The zero-order chi connectivity index (χ0) is 15.6. The first-order chi connectivity index (χ1) is 9.97. The van der Waals surface area contributed by atoms with E-state index in [9.17, 15) is 14.7 Å². The second kappa shape index (κ2) is 6.60. The molecular formula is C16H19BrO4. The lowest BCUT2D eigenvalue weighted by molar-refractivity contribution is -0.142. The van der Waals surface area contributed by atoms with Gasteiger partial charge in [0.25, 0.3) is 0 Å². The highest BCUT2D eigenvalue weighted by atomic mass is 79.9. The molecule has 0 saturated heterocycles. The van der Waals surface area contributed by atoms with Gasteiger partial charge in [-0.15, -0.1) is 0 Å². The van der Waals surface area contributed by atoms with Gasteiger partial charge in [0.1, 0.15) is 5.75 Å². The molecule has 2 rings (SSSR count). The average Bonchev–Trinajstić information content (AvgIpc) is 2.91. The standard InChI is InChI=1S/C16H19BrO4/c1-3-9-6-11(12(7-9)16(19)20)15(18)13-8-10(17)4-5-14(13)21-2/h4-5,8-9,11-12H,3,6-7H2,1-2H3,(H,19,20). The first-order valence-electron chi connectivity index (χ1n) is 7.08. The van der Waals surface area contributed by atoms with Crippen LogP contribution in [0, 0.1) is 17.8 Å². The Morgan fingerprint density at radius 1 is 1.33 bits per heavy atom. The van der Waals surface area contributed by atoms with Gasteiger partial charge in [0.05, 0.1) is 18.6 Å². The number of hydrogen-bond acceptors (Lipinski definition) is 3. The highest BCUT2D eigenvalue weighted by molar-refractivity contribution is 9.10. The molecule has 3 unspecified atom stereocenters. The van der Waals surface area contributed by atoms with Crippen LogP contribution in [0.2, 0.25) is 0 Å². The van der Waals surface area contributed by atoms with Crippen LogP contribution in [0.1, 0.15) is 36.5 Å². The van der Waals surface area contributed by atoms with Crippen molar-refractivity contribution in [1.82, 2.24) is 0 Å². The monoisotopic (exact) mass is 354 g/mol. The molecule has 1 aliphatic rings. The molecule has 1 fully saturated rings. The Kier molecular flexibility index (Phi) is 5.04. The molecule has 21 heavy (non-hydrogen) atoms. The number of aliphatic carboxylic acids is 1. The number of ketones is 1. The zero-order valence-electron chi connectivity index (χ0n) is 12.1. The fraction of sp³-hybridized carbons (Fsp3) is 0.500. The molecule has 5 heteroatoms. The molecule has 114 valence electrons. The Bertz CT molecular complexity index is 555. The molecule has 0 radical (unpaired) electrons. The predicted molar refractivity (Wildman–Crippen MR) is 82.7 cm³/mol. The van der Waals surface area contributed by atoms with Gasteiger partial charge in [0, 0.05) is 10.4 Å². The van der Waals surface area contributed by atoms with Gasteiger partial charge in [-0.2, -0.15) is 0 Å². The van der Waals surface area contributed by atoms with Crippen LogP contribution in [-0.2, 0) is 4.79 Å². The summed E-state index contributed by atoms with van der Waals surface area (Å²) in [6, 6.07) is 5.23. The second-order valence-electron chi connectivity index (χ2n) is 5.51. The van der Waals surface area contributed by atoms with Crippen molar-refractivity contribution in [2.75, 3.05) is 7.11 Å². The Morgan fingerprint density at radius 2 is 2.00 bits per heavy atom. The molecule has 3 atom stereocenters. The molecule has 1 N–H and O–H groups in total. The molecule has 0 heterocycles. The lowest BCUT2D eigenvalue weighted by atomic mass is 9.88. The van der Waals surface area contributed by atoms with Crippen molar-refractivity contribution in [3.63, 3.8) is 0 Å². The lowest BCUT2D eigenvalue weighted by Gasteiger charge is -2.16. The van der Waals surface area contributed by atoms with Crippen molar-refractivity contribution in [3.8, 4) is 5.75 Å². The Balaban J connectivity index is 2.34. The van der Waals surface area contributed by atoms with Gasteiger partial charge in [-0.05, 0) is 37.0 Å². The number of benzene rings is 1. The lowest BCUT2D eigenvalue weighted by Crippen LogP contribution is -2.25. The number of rotatable bonds is 5. The number of carboxylic acids is 1. The molecule has 0 aromatic heterocycles. The molecular weight excluding hydrogens is 336 g/mol. The third-order valence-corrected chi connectivity index (χ3v) is 4.81.